The summed E-state index contributed by atoms with van der Waals surface area (Å²) < 4.78 is 25.7. The first kappa shape index (κ1) is 26.1. The van der Waals surface area contributed by atoms with Crippen LogP contribution in [0.4, 0.5) is 4.79 Å². The summed E-state index contributed by atoms with van der Waals surface area (Å²) in [5, 5.41) is 4.42. The minimum atomic E-state index is -0.459. The van der Waals surface area contributed by atoms with Crippen molar-refractivity contribution in [1.29, 1.82) is 0 Å². The highest BCUT2D eigenvalue weighted by atomic mass is 16.7. The molecule has 0 radical (unpaired) electrons. The number of nitrogens with zero attached hydrogens (tertiary/aromatic N) is 3. The Balaban J connectivity index is 1.15. The molecule has 9 heteroatoms. The van der Waals surface area contributed by atoms with Gasteiger partial charge in [0.15, 0.2) is 0 Å². The molecule has 0 bridgehead atoms. The van der Waals surface area contributed by atoms with Gasteiger partial charge in [0, 0.05) is 36.9 Å². The number of carbonyl (C=O) groups is 1. The molecule has 35 heavy (non-hydrogen) atoms. The maximum atomic E-state index is 12.2. The number of carbonyl (C=O) groups excluding carboxylic acids is 1. The van der Waals surface area contributed by atoms with E-state index in [4.69, 9.17) is 18.8 Å². The molecule has 8 nitrogen and oxygen atoms in total. The van der Waals surface area contributed by atoms with Crippen molar-refractivity contribution in [3.8, 4) is 11.8 Å². The summed E-state index contributed by atoms with van der Waals surface area (Å²) in [5.41, 5.74) is -0.269. The third-order valence-corrected chi connectivity index (χ3v) is 7.30. The van der Waals surface area contributed by atoms with Crippen molar-refractivity contribution in [2.24, 2.45) is 5.92 Å². The smallest absolute Gasteiger partial charge is 0.444 e. The van der Waals surface area contributed by atoms with E-state index in [1.54, 1.807) is 11.1 Å². The molecule has 0 unspecified atom stereocenters. The van der Waals surface area contributed by atoms with E-state index < -0.39 is 12.7 Å². The third kappa shape index (κ3) is 6.41. The lowest BCUT2D eigenvalue weighted by Gasteiger charge is -2.38. The zero-order valence-electron chi connectivity index (χ0n) is 22.3. The summed E-state index contributed by atoms with van der Waals surface area (Å²) in [6.45, 7) is 15.8. The van der Waals surface area contributed by atoms with Crippen LogP contribution in [0.15, 0.2) is 12.4 Å². The van der Waals surface area contributed by atoms with Crippen molar-refractivity contribution >= 4 is 18.7 Å². The summed E-state index contributed by atoms with van der Waals surface area (Å²) in [6.07, 6.45) is 7.66. The summed E-state index contributed by atoms with van der Waals surface area (Å²) in [4.78, 5) is 14.0. The lowest BCUT2D eigenvalue weighted by molar-refractivity contribution is -0.0849. The van der Waals surface area contributed by atoms with E-state index in [2.05, 4.69) is 16.9 Å². The lowest BCUT2D eigenvalue weighted by atomic mass is 9.82. The molecular weight excluding hydrogens is 445 g/mol. The minimum Gasteiger partial charge on any atom is -0.444 e. The number of rotatable bonds is 4. The van der Waals surface area contributed by atoms with E-state index in [9.17, 15) is 4.79 Å². The maximum Gasteiger partial charge on any atom is 0.498 e. The van der Waals surface area contributed by atoms with Crippen LogP contribution < -0.4 is 5.46 Å². The average molecular weight is 485 g/mol. The fourth-order valence-electron chi connectivity index (χ4n) is 4.41. The van der Waals surface area contributed by atoms with Gasteiger partial charge in [0.05, 0.1) is 23.4 Å². The highest BCUT2D eigenvalue weighted by molar-refractivity contribution is 6.62. The van der Waals surface area contributed by atoms with Crippen molar-refractivity contribution in [2.75, 3.05) is 13.1 Å². The average Bonchev–Trinajstić information content (AvgIpc) is 3.27. The van der Waals surface area contributed by atoms with Crippen LogP contribution in [0.5, 0.6) is 0 Å². The Bertz CT molecular complexity index is 944. The molecule has 1 aliphatic carbocycles. The summed E-state index contributed by atoms with van der Waals surface area (Å²) in [6, 6.07) is 0. The molecule has 2 saturated heterocycles. The largest absolute Gasteiger partial charge is 0.498 e. The Hall–Kier alpha value is -2.02. The normalized spacial score (nSPS) is 26.1. The van der Waals surface area contributed by atoms with E-state index in [1.807, 2.05) is 59.3 Å². The van der Waals surface area contributed by atoms with Gasteiger partial charge in [-0.25, -0.2) is 4.79 Å². The van der Waals surface area contributed by atoms with Gasteiger partial charge in [0.1, 0.15) is 12.1 Å². The fourth-order valence-corrected chi connectivity index (χ4v) is 4.41. The molecule has 0 N–H and O–H groups in total. The molecule has 0 aromatic carbocycles. The van der Waals surface area contributed by atoms with Crippen molar-refractivity contribution in [1.82, 2.24) is 14.7 Å². The number of hydrogen-bond donors (Lipinski definition) is 0. The second-order valence-electron chi connectivity index (χ2n) is 12.0. The Kier molecular flexibility index (Phi) is 7.29. The number of piperidine rings is 1. The van der Waals surface area contributed by atoms with E-state index in [0.29, 0.717) is 25.6 Å². The van der Waals surface area contributed by atoms with E-state index in [-0.39, 0.29) is 29.5 Å². The number of amides is 1. The van der Waals surface area contributed by atoms with E-state index in [1.165, 1.54) is 0 Å². The zero-order chi connectivity index (χ0) is 25.4. The van der Waals surface area contributed by atoms with Crippen LogP contribution >= 0.6 is 0 Å². The molecule has 1 saturated carbocycles. The first-order valence-electron chi connectivity index (χ1n) is 12.8. The van der Waals surface area contributed by atoms with Crippen LogP contribution in [-0.2, 0) is 25.3 Å². The van der Waals surface area contributed by atoms with Gasteiger partial charge in [-0.15, -0.1) is 0 Å². The topological polar surface area (TPSA) is 75.0 Å². The van der Waals surface area contributed by atoms with Gasteiger partial charge in [0.25, 0.3) is 0 Å². The maximum absolute atomic E-state index is 12.2. The predicted octanol–water partition coefficient (Wildman–Crippen LogP) is 3.38. The molecule has 1 aromatic heterocycles. The monoisotopic (exact) mass is 485 g/mol. The molecule has 3 aliphatic rings. The summed E-state index contributed by atoms with van der Waals surface area (Å²) in [7, 11) is -0.401. The molecule has 192 valence electrons. The molecule has 2 aliphatic heterocycles. The minimum absolute atomic E-state index is 0.213. The predicted molar refractivity (Wildman–Crippen MR) is 134 cm³/mol. The van der Waals surface area contributed by atoms with Gasteiger partial charge in [0.2, 0.25) is 0 Å². The molecule has 3 fully saturated rings. The van der Waals surface area contributed by atoms with Crippen molar-refractivity contribution < 1.29 is 23.6 Å². The van der Waals surface area contributed by atoms with E-state index in [0.717, 1.165) is 31.1 Å². The SMILES string of the molecule is CC(C)(C)OC(=O)N1CCC(OC2CC(C#CCn3cc(B4OC(C)(C)C(C)(C)O4)cn3)C2)CC1. The van der Waals surface area contributed by atoms with Crippen LogP contribution in [0, 0.1) is 17.8 Å². The van der Waals surface area contributed by atoms with Crippen LogP contribution in [0.25, 0.3) is 0 Å². The standard InChI is InChI=1S/C26H40BN3O5/c1-24(2,3)33-23(31)29-13-10-21(11-14-29)32-22-15-19(16-22)9-8-12-30-18-20(17-28-30)27-34-25(4,5)26(6,7)35-27/h17-19,21-22H,10-16H2,1-7H3. The highest BCUT2D eigenvalue weighted by Gasteiger charge is 2.52. The Labute approximate surface area is 210 Å². The van der Waals surface area contributed by atoms with Crippen molar-refractivity contribution in [3.05, 3.63) is 12.4 Å². The highest BCUT2D eigenvalue weighted by Crippen LogP contribution is 2.36. The number of ether oxygens (including phenoxy) is 2. The van der Waals surface area contributed by atoms with Crippen LogP contribution in [-0.4, -0.2) is 70.0 Å². The van der Waals surface area contributed by atoms with Gasteiger partial charge < -0.3 is 23.7 Å². The summed E-state index contributed by atoms with van der Waals surface area (Å²) in [5.74, 6) is 6.99. The first-order chi connectivity index (χ1) is 16.3. The molecule has 4 rings (SSSR count). The van der Waals surface area contributed by atoms with Gasteiger partial charge >= 0.3 is 13.2 Å². The molecular formula is C26H40BN3O5. The number of hydrogen-bond acceptors (Lipinski definition) is 6. The number of aromatic nitrogens is 2. The van der Waals surface area contributed by atoms with Gasteiger partial charge in [-0.1, -0.05) is 11.8 Å². The number of likely N-dealkylation sites (tertiary alicyclic amines) is 1. The molecule has 0 spiro atoms. The molecule has 0 atom stereocenters. The third-order valence-electron chi connectivity index (χ3n) is 7.30. The van der Waals surface area contributed by atoms with Crippen molar-refractivity contribution in [2.45, 2.75) is 110 Å². The van der Waals surface area contributed by atoms with Crippen LogP contribution in [0.3, 0.4) is 0 Å². The molecule has 1 aromatic rings. The fraction of sp³-hybridized carbons (Fsp3) is 0.769. The van der Waals surface area contributed by atoms with Crippen LogP contribution in [0.1, 0.15) is 74.1 Å². The Morgan fingerprint density at radius 2 is 1.77 bits per heavy atom. The second kappa shape index (κ2) is 9.80. The molecule has 1 amide bonds. The quantitative estimate of drug-likeness (QED) is 0.481. The van der Waals surface area contributed by atoms with Gasteiger partial charge in [-0.05, 0) is 74.1 Å². The zero-order valence-corrected chi connectivity index (χ0v) is 22.3. The van der Waals surface area contributed by atoms with Gasteiger partial charge in [-0.2, -0.15) is 5.10 Å². The lowest BCUT2D eigenvalue weighted by Crippen LogP contribution is -2.45. The summed E-state index contributed by atoms with van der Waals surface area (Å²) >= 11 is 0. The molecule has 3 heterocycles. The second-order valence-corrected chi connectivity index (χ2v) is 12.0. The Morgan fingerprint density at radius 1 is 1.14 bits per heavy atom. The van der Waals surface area contributed by atoms with Gasteiger partial charge in [-0.3, -0.25) is 4.68 Å². The van der Waals surface area contributed by atoms with Crippen molar-refractivity contribution in [3.63, 3.8) is 0 Å². The Morgan fingerprint density at radius 3 is 2.37 bits per heavy atom. The van der Waals surface area contributed by atoms with E-state index >= 15 is 0 Å². The first-order valence-corrected chi connectivity index (χ1v) is 12.8. The van der Waals surface area contributed by atoms with Crippen LogP contribution in [0.2, 0.25) is 0 Å².